The quantitative estimate of drug-likeness (QED) is 0.125. The Labute approximate surface area is 258 Å². The standard InChI is InChI=1S/C30H30F4N4O6S/c1-27(2,3)44-26(41)38-28(4,5)18-13-21(16-6-9-19(31)10-7-16)36-23(14-18)29(45-42,30(32,33)34)15-35-24(39)17-8-11-20-22(12-17)43-25(40)37-20/h6-14,42H,15H2,1-5H3,(H,35,39)(H,37,40)(H,38,41). The molecular weight excluding hydrogens is 620 g/mol. The predicted octanol–water partition coefficient (Wildman–Crippen LogP) is 6.48. The summed E-state index contributed by atoms with van der Waals surface area (Å²) in [5.74, 6) is -2.31. The summed E-state index contributed by atoms with van der Waals surface area (Å²) < 4.78 is 75.9. The van der Waals surface area contributed by atoms with Crippen LogP contribution in [0.5, 0.6) is 0 Å². The van der Waals surface area contributed by atoms with E-state index in [2.05, 4.69) is 20.6 Å². The molecule has 0 aliphatic heterocycles. The van der Waals surface area contributed by atoms with E-state index in [0.29, 0.717) is 0 Å². The summed E-state index contributed by atoms with van der Waals surface area (Å²) in [6.45, 7) is 6.82. The number of amides is 2. The van der Waals surface area contributed by atoms with Gasteiger partial charge in [0.15, 0.2) is 10.3 Å². The van der Waals surface area contributed by atoms with Gasteiger partial charge in [-0.25, -0.2) is 14.0 Å². The number of alkyl carbamates (subject to hydrolysis) is 1. The fourth-order valence-corrected chi connectivity index (χ4v) is 4.80. The molecule has 10 nitrogen and oxygen atoms in total. The normalized spacial score (nSPS) is 13.7. The van der Waals surface area contributed by atoms with E-state index in [0.717, 1.165) is 18.2 Å². The van der Waals surface area contributed by atoms with Crippen LogP contribution in [0.4, 0.5) is 22.4 Å². The van der Waals surface area contributed by atoms with Gasteiger partial charge in [-0.2, -0.15) is 13.2 Å². The van der Waals surface area contributed by atoms with Crippen LogP contribution in [-0.4, -0.2) is 44.8 Å². The third-order valence-corrected chi connectivity index (χ3v) is 7.61. The highest BCUT2D eigenvalue weighted by atomic mass is 32.2. The molecular formula is C30H30F4N4O6S. The molecule has 0 bridgehead atoms. The van der Waals surface area contributed by atoms with Gasteiger partial charge in [-0.05, 0) is 94.8 Å². The number of oxazole rings is 1. The number of H-pyrrole nitrogens is 1. The predicted molar refractivity (Wildman–Crippen MR) is 159 cm³/mol. The van der Waals surface area contributed by atoms with Crippen molar-refractivity contribution in [1.82, 2.24) is 20.6 Å². The van der Waals surface area contributed by atoms with E-state index in [-0.39, 0.29) is 33.5 Å². The van der Waals surface area contributed by atoms with Crippen molar-refractivity contribution in [3.8, 4) is 11.3 Å². The number of rotatable bonds is 8. The first kappa shape index (κ1) is 33.5. The Morgan fingerprint density at radius 1 is 1.02 bits per heavy atom. The average Bonchev–Trinajstić information content (AvgIpc) is 3.31. The number of aromatic nitrogens is 2. The maximum absolute atomic E-state index is 15.0. The first-order chi connectivity index (χ1) is 20.8. The molecule has 1 unspecified atom stereocenters. The van der Waals surface area contributed by atoms with Crippen molar-refractivity contribution in [2.45, 2.75) is 56.7 Å². The molecule has 0 aliphatic carbocycles. The van der Waals surface area contributed by atoms with Gasteiger partial charge in [0.05, 0.1) is 22.4 Å². The number of alkyl halides is 3. The van der Waals surface area contributed by atoms with E-state index in [1.165, 1.54) is 50.2 Å². The highest BCUT2D eigenvalue weighted by Gasteiger charge is 2.59. The second-order valence-corrected chi connectivity index (χ2v) is 12.6. The molecule has 2 aromatic carbocycles. The van der Waals surface area contributed by atoms with Gasteiger partial charge in [-0.1, -0.05) is 0 Å². The fraction of sp³-hybridized carbons (Fsp3) is 0.333. The molecule has 4 N–H and O–H groups in total. The van der Waals surface area contributed by atoms with Crippen LogP contribution in [0.15, 0.2) is 63.8 Å². The third-order valence-electron chi connectivity index (χ3n) is 6.71. The second kappa shape index (κ2) is 12.2. The zero-order valence-corrected chi connectivity index (χ0v) is 25.6. The van der Waals surface area contributed by atoms with Crippen molar-refractivity contribution in [3.63, 3.8) is 0 Å². The van der Waals surface area contributed by atoms with Gasteiger partial charge in [-0.3, -0.25) is 14.8 Å². The largest absolute Gasteiger partial charge is 0.444 e. The van der Waals surface area contributed by atoms with Crippen LogP contribution in [0.2, 0.25) is 0 Å². The first-order valence-corrected chi connectivity index (χ1v) is 14.2. The van der Waals surface area contributed by atoms with Crippen molar-refractivity contribution in [3.05, 3.63) is 87.8 Å². The molecule has 2 aromatic heterocycles. The zero-order valence-electron chi connectivity index (χ0n) is 24.8. The lowest BCUT2D eigenvalue weighted by atomic mass is 9.90. The Morgan fingerprint density at radius 2 is 1.69 bits per heavy atom. The minimum Gasteiger partial charge on any atom is -0.444 e. The summed E-state index contributed by atoms with van der Waals surface area (Å²) in [4.78, 5) is 43.7. The minimum absolute atomic E-state index is 0.0179. The van der Waals surface area contributed by atoms with Crippen LogP contribution in [0.1, 0.15) is 56.2 Å². The van der Waals surface area contributed by atoms with Crippen molar-refractivity contribution in [2.24, 2.45) is 0 Å². The van der Waals surface area contributed by atoms with Crippen molar-refractivity contribution in [1.29, 1.82) is 0 Å². The number of pyridine rings is 1. The average molecular weight is 651 g/mol. The highest BCUT2D eigenvalue weighted by molar-refractivity contribution is 7.94. The van der Waals surface area contributed by atoms with Crippen molar-refractivity contribution >= 4 is 35.1 Å². The highest BCUT2D eigenvalue weighted by Crippen LogP contribution is 2.48. The number of fused-ring (bicyclic) bond motifs is 1. The molecule has 4 rings (SSSR count). The van der Waals surface area contributed by atoms with Gasteiger partial charge >= 0.3 is 18.0 Å². The number of nitrogens with one attached hydrogen (secondary N) is 3. The summed E-state index contributed by atoms with van der Waals surface area (Å²) in [5, 5.41) is 4.84. The molecule has 4 aromatic rings. The minimum atomic E-state index is -5.19. The fourth-order valence-electron chi connectivity index (χ4n) is 4.36. The Balaban J connectivity index is 1.80. The van der Waals surface area contributed by atoms with E-state index in [4.69, 9.17) is 9.15 Å². The number of halogens is 4. The third kappa shape index (κ3) is 7.48. The summed E-state index contributed by atoms with van der Waals surface area (Å²) in [7, 11) is 0. The Kier molecular flexibility index (Phi) is 9.09. The van der Waals surface area contributed by atoms with Gasteiger partial charge in [0.2, 0.25) is 0 Å². The number of hydrogen-bond acceptors (Lipinski definition) is 8. The molecule has 1 atom stereocenters. The lowest BCUT2D eigenvalue weighted by molar-refractivity contribution is -0.162. The Hall–Kier alpha value is -4.37. The Bertz CT molecular complexity index is 1780. The van der Waals surface area contributed by atoms with Crippen molar-refractivity contribution < 1.29 is 40.9 Å². The molecule has 2 amide bonds. The van der Waals surface area contributed by atoms with Gasteiger partial charge < -0.3 is 24.3 Å². The number of benzene rings is 2. The second-order valence-electron chi connectivity index (χ2n) is 11.7. The van der Waals surface area contributed by atoms with Crippen LogP contribution in [0.25, 0.3) is 22.4 Å². The topological polar surface area (TPSA) is 147 Å². The van der Waals surface area contributed by atoms with Crippen LogP contribution in [0.3, 0.4) is 0 Å². The van der Waals surface area contributed by atoms with Gasteiger partial charge in [0, 0.05) is 29.7 Å². The van der Waals surface area contributed by atoms with E-state index in [1.807, 2.05) is 0 Å². The number of carbonyl (C=O) groups excluding carboxylic acids is 2. The molecule has 2 heterocycles. The number of hydrogen-bond donors (Lipinski definition) is 4. The molecule has 15 heteroatoms. The zero-order chi connectivity index (χ0) is 33.4. The molecule has 0 fully saturated rings. The van der Waals surface area contributed by atoms with E-state index in [9.17, 15) is 36.5 Å². The number of aromatic amines is 1. The molecule has 0 saturated carbocycles. The first-order valence-electron chi connectivity index (χ1n) is 13.4. The summed E-state index contributed by atoms with van der Waals surface area (Å²) in [6.07, 6.45) is -6.03. The maximum Gasteiger partial charge on any atom is 0.417 e. The molecule has 0 saturated heterocycles. The maximum atomic E-state index is 15.0. The van der Waals surface area contributed by atoms with Crippen LogP contribution in [-0.2, 0) is 15.0 Å². The van der Waals surface area contributed by atoms with E-state index in [1.54, 1.807) is 20.8 Å². The summed E-state index contributed by atoms with van der Waals surface area (Å²) in [6, 6.07) is 11.2. The van der Waals surface area contributed by atoms with Crippen LogP contribution in [0, 0.1) is 5.82 Å². The van der Waals surface area contributed by atoms with Gasteiger partial charge in [0.25, 0.3) is 5.91 Å². The molecule has 0 radical (unpaired) electrons. The summed E-state index contributed by atoms with van der Waals surface area (Å²) >= 11 is -0.571. The molecule has 45 heavy (non-hydrogen) atoms. The number of carbonyl (C=O) groups is 2. The van der Waals surface area contributed by atoms with Crippen molar-refractivity contribution in [2.75, 3.05) is 6.54 Å². The van der Waals surface area contributed by atoms with Gasteiger partial charge in [0.1, 0.15) is 11.4 Å². The van der Waals surface area contributed by atoms with Gasteiger partial charge in [-0.15, -0.1) is 0 Å². The molecule has 0 spiro atoms. The van der Waals surface area contributed by atoms with Crippen LogP contribution >= 0.6 is 12.0 Å². The molecule has 240 valence electrons. The molecule has 0 aliphatic rings. The number of nitrogens with zero attached hydrogens (tertiary/aromatic N) is 1. The van der Waals surface area contributed by atoms with E-state index >= 15 is 0 Å². The smallest absolute Gasteiger partial charge is 0.417 e. The number of ether oxygens (including phenoxy) is 1. The van der Waals surface area contributed by atoms with E-state index < -0.39 is 69.9 Å². The lowest BCUT2D eigenvalue weighted by Crippen LogP contribution is -2.49. The van der Waals surface area contributed by atoms with Crippen LogP contribution < -0.4 is 16.4 Å². The monoisotopic (exact) mass is 650 g/mol. The lowest BCUT2D eigenvalue weighted by Gasteiger charge is -2.35. The summed E-state index contributed by atoms with van der Waals surface area (Å²) in [5.41, 5.74) is -2.36. The SMILES string of the molecule is CC(C)(C)OC(=O)NC(C)(C)c1cc(-c2ccc(F)cc2)nc(C(CNC(=O)c2ccc3[nH]c(=O)oc3c2)(SO)C(F)(F)F)c1. The Morgan fingerprint density at radius 3 is 2.29 bits per heavy atom.